The molecule has 0 aliphatic carbocycles. The van der Waals surface area contributed by atoms with Crippen molar-refractivity contribution in [3.63, 3.8) is 0 Å². The molecule has 1 aromatic heterocycles. The maximum atomic E-state index is 5.46. The standard InChI is InChI=1S/C17H23NO2/c1-4-16(15-9-5-6-10-17(15)19-3)18-13(2)12-14-8-7-11-20-14/h5-11,13,16,18H,4,12H2,1-3H3. The number of furan rings is 1. The minimum absolute atomic E-state index is 0.288. The number of hydrogen-bond donors (Lipinski definition) is 1. The van der Waals surface area contributed by atoms with Gasteiger partial charge in [0, 0.05) is 24.1 Å². The Kier molecular flexibility index (Phi) is 5.24. The molecule has 2 aromatic rings. The smallest absolute Gasteiger partial charge is 0.123 e. The van der Waals surface area contributed by atoms with Crippen LogP contribution in [0.25, 0.3) is 0 Å². The highest BCUT2D eigenvalue weighted by molar-refractivity contribution is 5.35. The van der Waals surface area contributed by atoms with Crippen molar-refractivity contribution in [3.8, 4) is 5.75 Å². The number of methoxy groups -OCH3 is 1. The number of rotatable bonds is 7. The van der Waals surface area contributed by atoms with E-state index in [1.165, 1.54) is 5.56 Å². The second kappa shape index (κ2) is 7.15. The molecule has 1 N–H and O–H groups in total. The summed E-state index contributed by atoms with van der Waals surface area (Å²) in [6.07, 6.45) is 3.63. The number of ether oxygens (including phenoxy) is 1. The fourth-order valence-electron chi connectivity index (χ4n) is 2.51. The van der Waals surface area contributed by atoms with Gasteiger partial charge >= 0.3 is 0 Å². The third kappa shape index (κ3) is 3.64. The summed E-state index contributed by atoms with van der Waals surface area (Å²) < 4.78 is 10.9. The molecule has 0 aliphatic rings. The maximum Gasteiger partial charge on any atom is 0.123 e. The predicted molar refractivity (Wildman–Crippen MR) is 81.0 cm³/mol. The van der Waals surface area contributed by atoms with Crippen LogP contribution in [0.15, 0.2) is 47.1 Å². The Hall–Kier alpha value is -1.74. The Morgan fingerprint density at radius 1 is 1.20 bits per heavy atom. The summed E-state index contributed by atoms with van der Waals surface area (Å²) in [4.78, 5) is 0. The minimum Gasteiger partial charge on any atom is -0.496 e. The lowest BCUT2D eigenvalue weighted by molar-refractivity contribution is 0.378. The second-order valence-corrected chi connectivity index (χ2v) is 5.05. The molecular weight excluding hydrogens is 250 g/mol. The summed E-state index contributed by atoms with van der Waals surface area (Å²) in [6, 6.07) is 12.8. The maximum absolute atomic E-state index is 5.46. The molecule has 0 radical (unpaired) electrons. The van der Waals surface area contributed by atoms with Crippen molar-refractivity contribution < 1.29 is 9.15 Å². The lowest BCUT2D eigenvalue weighted by atomic mass is 10.0. The van der Waals surface area contributed by atoms with Gasteiger partial charge in [0.05, 0.1) is 13.4 Å². The van der Waals surface area contributed by atoms with Crippen LogP contribution in [-0.2, 0) is 6.42 Å². The van der Waals surface area contributed by atoms with Crippen molar-refractivity contribution in [1.29, 1.82) is 0 Å². The minimum atomic E-state index is 0.288. The molecule has 0 spiro atoms. The van der Waals surface area contributed by atoms with Gasteiger partial charge in [0.1, 0.15) is 11.5 Å². The van der Waals surface area contributed by atoms with Gasteiger partial charge in [-0.15, -0.1) is 0 Å². The zero-order valence-electron chi connectivity index (χ0n) is 12.4. The number of para-hydroxylation sites is 1. The van der Waals surface area contributed by atoms with Crippen LogP contribution < -0.4 is 10.1 Å². The van der Waals surface area contributed by atoms with Crippen molar-refractivity contribution in [2.75, 3.05) is 7.11 Å². The molecule has 0 aliphatic heterocycles. The SMILES string of the molecule is CCC(NC(C)Cc1ccco1)c1ccccc1OC. The van der Waals surface area contributed by atoms with Crippen molar-refractivity contribution in [1.82, 2.24) is 5.32 Å². The van der Waals surface area contributed by atoms with Gasteiger partial charge in [0.25, 0.3) is 0 Å². The lowest BCUT2D eigenvalue weighted by Gasteiger charge is -2.23. The summed E-state index contributed by atoms with van der Waals surface area (Å²) >= 11 is 0. The first-order valence-corrected chi connectivity index (χ1v) is 7.16. The number of hydrogen-bond acceptors (Lipinski definition) is 3. The van der Waals surface area contributed by atoms with Gasteiger partial charge in [-0.1, -0.05) is 25.1 Å². The van der Waals surface area contributed by atoms with E-state index in [1.807, 2.05) is 24.3 Å². The summed E-state index contributed by atoms with van der Waals surface area (Å²) in [5.41, 5.74) is 1.21. The molecule has 0 bridgehead atoms. The van der Waals surface area contributed by atoms with Crippen LogP contribution in [0.1, 0.15) is 37.6 Å². The van der Waals surface area contributed by atoms with Crippen LogP contribution in [0.4, 0.5) is 0 Å². The van der Waals surface area contributed by atoms with E-state index in [0.29, 0.717) is 6.04 Å². The van der Waals surface area contributed by atoms with Crippen LogP contribution in [0.3, 0.4) is 0 Å². The van der Waals surface area contributed by atoms with E-state index in [0.717, 1.165) is 24.4 Å². The van der Waals surface area contributed by atoms with E-state index >= 15 is 0 Å². The van der Waals surface area contributed by atoms with Gasteiger partial charge in [-0.25, -0.2) is 0 Å². The number of nitrogens with one attached hydrogen (secondary N) is 1. The number of benzene rings is 1. The van der Waals surface area contributed by atoms with E-state index in [1.54, 1.807) is 13.4 Å². The summed E-state index contributed by atoms with van der Waals surface area (Å²) in [5.74, 6) is 1.96. The predicted octanol–water partition coefficient (Wildman–Crippen LogP) is 3.96. The molecule has 1 heterocycles. The molecule has 108 valence electrons. The van der Waals surface area contributed by atoms with Gasteiger partial charge < -0.3 is 14.5 Å². The van der Waals surface area contributed by atoms with E-state index in [-0.39, 0.29) is 6.04 Å². The first-order chi connectivity index (χ1) is 9.74. The van der Waals surface area contributed by atoms with Crippen molar-refractivity contribution in [2.45, 2.75) is 38.8 Å². The van der Waals surface area contributed by atoms with Crippen molar-refractivity contribution in [3.05, 3.63) is 54.0 Å². The average molecular weight is 273 g/mol. The van der Waals surface area contributed by atoms with Gasteiger partial charge in [-0.3, -0.25) is 0 Å². The molecule has 2 atom stereocenters. The molecule has 2 unspecified atom stereocenters. The normalized spacial score (nSPS) is 13.9. The van der Waals surface area contributed by atoms with E-state index in [9.17, 15) is 0 Å². The summed E-state index contributed by atoms with van der Waals surface area (Å²) in [6.45, 7) is 4.37. The zero-order chi connectivity index (χ0) is 14.4. The van der Waals surface area contributed by atoms with Gasteiger partial charge in [0.15, 0.2) is 0 Å². The molecule has 0 amide bonds. The fraction of sp³-hybridized carbons (Fsp3) is 0.412. The van der Waals surface area contributed by atoms with E-state index < -0.39 is 0 Å². The van der Waals surface area contributed by atoms with E-state index in [2.05, 4.69) is 31.3 Å². The Labute approximate surface area is 121 Å². The Morgan fingerprint density at radius 3 is 2.65 bits per heavy atom. The molecular formula is C17H23NO2. The molecule has 2 rings (SSSR count). The first kappa shape index (κ1) is 14.7. The molecule has 0 fully saturated rings. The first-order valence-electron chi connectivity index (χ1n) is 7.16. The van der Waals surface area contributed by atoms with Crippen LogP contribution >= 0.6 is 0 Å². The Morgan fingerprint density at radius 2 is 2.00 bits per heavy atom. The van der Waals surface area contributed by atoms with Crippen LogP contribution in [0.2, 0.25) is 0 Å². The third-order valence-corrected chi connectivity index (χ3v) is 3.50. The lowest BCUT2D eigenvalue weighted by Crippen LogP contribution is -2.32. The molecule has 20 heavy (non-hydrogen) atoms. The quantitative estimate of drug-likeness (QED) is 0.829. The van der Waals surface area contributed by atoms with E-state index in [4.69, 9.17) is 9.15 Å². The monoisotopic (exact) mass is 273 g/mol. The Bertz CT molecular complexity index is 507. The third-order valence-electron chi connectivity index (χ3n) is 3.50. The summed E-state index contributed by atoms with van der Waals surface area (Å²) in [7, 11) is 1.72. The fourth-order valence-corrected chi connectivity index (χ4v) is 2.51. The second-order valence-electron chi connectivity index (χ2n) is 5.05. The topological polar surface area (TPSA) is 34.4 Å². The van der Waals surface area contributed by atoms with Crippen molar-refractivity contribution in [2.24, 2.45) is 0 Å². The van der Waals surface area contributed by atoms with Crippen LogP contribution in [-0.4, -0.2) is 13.2 Å². The van der Waals surface area contributed by atoms with Crippen molar-refractivity contribution >= 4 is 0 Å². The van der Waals surface area contributed by atoms with Crippen LogP contribution in [0, 0.1) is 0 Å². The molecule has 3 nitrogen and oxygen atoms in total. The zero-order valence-corrected chi connectivity index (χ0v) is 12.4. The van der Waals surface area contributed by atoms with Crippen LogP contribution in [0.5, 0.6) is 5.75 Å². The van der Waals surface area contributed by atoms with Gasteiger partial charge in [0.2, 0.25) is 0 Å². The van der Waals surface area contributed by atoms with Gasteiger partial charge in [-0.2, -0.15) is 0 Å². The molecule has 3 heteroatoms. The molecule has 0 saturated heterocycles. The molecule has 0 saturated carbocycles. The molecule has 1 aromatic carbocycles. The Balaban J connectivity index is 2.04. The van der Waals surface area contributed by atoms with Gasteiger partial charge in [-0.05, 0) is 31.5 Å². The highest BCUT2D eigenvalue weighted by Gasteiger charge is 2.16. The average Bonchev–Trinajstić information content (AvgIpc) is 2.97. The largest absolute Gasteiger partial charge is 0.496 e. The highest BCUT2D eigenvalue weighted by atomic mass is 16.5. The summed E-state index contributed by atoms with van der Waals surface area (Å²) in [5, 5.41) is 3.66. The highest BCUT2D eigenvalue weighted by Crippen LogP contribution is 2.27.